The quantitative estimate of drug-likeness (QED) is 0.786. The summed E-state index contributed by atoms with van der Waals surface area (Å²) in [5.74, 6) is -0.575. The standard InChI is InChI=1S/C11H10F2N2O/c1-6(2)10-14-11(16-15-10)8-5-7(12)3-4-9(8)13/h3-6H,1-2H3. The van der Waals surface area contributed by atoms with Gasteiger partial charge in [0.05, 0.1) is 5.56 Å². The average Bonchev–Trinajstić information content (AvgIpc) is 2.70. The summed E-state index contributed by atoms with van der Waals surface area (Å²) in [5, 5.41) is 3.69. The van der Waals surface area contributed by atoms with E-state index < -0.39 is 11.6 Å². The van der Waals surface area contributed by atoms with Crippen molar-refractivity contribution in [2.45, 2.75) is 19.8 Å². The fourth-order valence-electron chi connectivity index (χ4n) is 1.24. The molecule has 2 rings (SSSR count). The Kier molecular flexibility index (Phi) is 2.68. The highest BCUT2D eigenvalue weighted by atomic mass is 19.1. The molecular weight excluding hydrogens is 214 g/mol. The summed E-state index contributed by atoms with van der Waals surface area (Å²) in [7, 11) is 0. The molecule has 0 radical (unpaired) electrons. The number of benzene rings is 1. The van der Waals surface area contributed by atoms with Crippen LogP contribution in [0.25, 0.3) is 11.5 Å². The van der Waals surface area contributed by atoms with E-state index in [2.05, 4.69) is 10.1 Å². The first-order chi connectivity index (χ1) is 7.58. The molecule has 0 spiro atoms. The first-order valence-corrected chi connectivity index (χ1v) is 4.87. The fraction of sp³-hybridized carbons (Fsp3) is 0.273. The SMILES string of the molecule is CC(C)c1noc(-c2cc(F)ccc2F)n1. The van der Waals surface area contributed by atoms with Gasteiger partial charge in [-0.2, -0.15) is 4.98 Å². The van der Waals surface area contributed by atoms with Gasteiger partial charge >= 0.3 is 0 Å². The predicted octanol–water partition coefficient (Wildman–Crippen LogP) is 3.14. The zero-order chi connectivity index (χ0) is 11.7. The van der Waals surface area contributed by atoms with Crippen LogP contribution in [0.3, 0.4) is 0 Å². The van der Waals surface area contributed by atoms with Crippen molar-refractivity contribution in [3.05, 3.63) is 35.7 Å². The van der Waals surface area contributed by atoms with Crippen molar-refractivity contribution in [3.8, 4) is 11.5 Å². The van der Waals surface area contributed by atoms with Crippen LogP contribution in [0.4, 0.5) is 8.78 Å². The molecule has 0 fully saturated rings. The summed E-state index contributed by atoms with van der Waals surface area (Å²) in [5.41, 5.74) is -0.0144. The van der Waals surface area contributed by atoms with Crippen molar-refractivity contribution in [2.24, 2.45) is 0 Å². The Bertz CT molecular complexity index is 508. The van der Waals surface area contributed by atoms with Gasteiger partial charge in [-0.3, -0.25) is 0 Å². The van der Waals surface area contributed by atoms with Gasteiger partial charge in [0.25, 0.3) is 5.89 Å². The maximum absolute atomic E-state index is 13.4. The molecule has 0 saturated heterocycles. The summed E-state index contributed by atoms with van der Waals surface area (Å²) in [4.78, 5) is 4.00. The van der Waals surface area contributed by atoms with E-state index in [1.807, 2.05) is 13.8 Å². The summed E-state index contributed by atoms with van der Waals surface area (Å²) in [6.07, 6.45) is 0. The van der Waals surface area contributed by atoms with Crippen LogP contribution in [0.5, 0.6) is 0 Å². The first kappa shape index (κ1) is 10.7. The molecule has 0 unspecified atom stereocenters. The lowest BCUT2D eigenvalue weighted by Gasteiger charge is -1.96. The molecule has 0 aliphatic heterocycles. The van der Waals surface area contributed by atoms with Crippen molar-refractivity contribution in [3.63, 3.8) is 0 Å². The third-order valence-corrected chi connectivity index (χ3v) is 2.12. The Balaban J connectivity index is 2.46. The second-order valence-electron chi connectivity index (χ2n) is 3.74. The lowest BCUT2D eigenvalue weighted by molar-refractivity contribution is 0.416. The molecule has 1 aromatic heterocycles. The van der Waals surface area contributed by atoms with E-state index in [1.165, 1.54) is 0 Å². The van der Waals surface area contributed by atoms with Crippen molar-refractivity contribution in [1.82, 2.24) is 10.1 Å². The van der Waals surface area contributed by atoms with Crippen LogP contribution in [0.2, 0.25) is 0 Å². The van der Waals surface area contributed by atoms with Crippen LogP contribution in [0.15, 0.2) is 22.7 Å². The van der Waals surface area contributed by atoms with Crippen LogP contribution in [0, 0.1) is 11.6 Å². The smallest absolute Gasteiger partial charge is 0.261 e. The van der Waals surface area contributed by atoms with Crippen LogP contribution in [-0.4, -0.2) is 10.1 Å². The highest BCUT2D eigenvalue weighted by Gasteiger charge is 2.15. The minimum absolute atomic E-state index is 0.000648. The lowest BCUT2D eigenvalue weighted by atomic mass is 10.2. The maximum atomic E-state index is 13.4. The molecule has 0 saturated carbocycles. The van der Waals surface area contributed by atoms with Gasteiger partial charge in [-0.25, -0.2) is 8.78 Å². The summed E-state index contributed by atoms with van der Waals surface area (Å²) in [6.45, 7) is 3.77. The van der Waals surface area contributed by atoms with Gasteiger partial charge in [-0.1, -0.05) is 19.0 Å². The van der Waals surface area contributed by atoms with Gasteiger partial charge in [0, 0.05) is 5.92 Å². The molecule has 1 heterocycles. The molecule has 0 N–H and O–H groups in total. The van der Waals surface area contributed by atoms with Gasteiger partial charge in [0.1, 0.15) is 11.6 Å². The van der Waals surface area contributed by atoms with Crippen molar-refractivity contribution < 1.29 is 13.3 Å². The number of rotatable bonds is 2. The minimum atomic E-state index is -0.583. The zero-order valence-corrected chi connectivity index (χ0v) is 8.87. The molecule has 2 aromatic rings. The van der Waals surface area contributed by atoms with Gasteiger partial charge in [-0.05, 0) is 18.2 Å². The molecular formula is C11H10F2N2O. The van der Waals surface area contributed by atoms with Crippen molar-refractivity contribution in [1.29, 1.82) is 0 Å². The number of hydrogen-bond acceptors (Lipinski definition) is 3. The summed E-state index contributed by atoms with van der Waals surface area (Å²) in [6, 6.07) is 3.11. The highest BCUT2D eigenvalue weighted by molar-refractivity contribution is 5.53. The van der Waals surface area contributed by atoms with Crippen molar-refractivity contribution in [2.75, 3.05) is 0 Å². The van der Waals surface area contributed by atoms with E-state index in [4.69, 9.17) is 4.52 Å². The van der Waals surface area contributed by atoms with E-state index >= 15 is 0 Å². The Morgan fingerprint density at radius 2 is 2.00 bits per heavy atom. The average molecular weight is 224 g/mol. The fourth-order valence-corrected chi connectivity index (χ4v) is 1.24. The maximum Gasteiger partial charge on any atom is 0.261 e. The third-order valence-electron chi connectivity index (χ3n) is 2.12. The third kappa shape index (κ3) is 1.93. The molecule has 0 bridgehead atoms. The molecule has 0 aliphatic rings. The van der Waals surface area contributed by atoms with E-state index in [0.717, 1.165) is 18.2 Å². The van der Waals surface area contributed by atoms with Crippen LogP contribution >= 0.6 is 0 Å². The van der Waals surface area contributed by atoms with E-state index in [9.17, 15) is 8.78 Å². The second-order valence-corrected chi connectivity index (χ2v) is 3.74. The highest BCUT2D eigenvalue weighted by Crippen LogP contribution is 2.23. The summed E-state index contributed by atoms with van der Waals surface area (Å²) >= 11 is 0. The number of hydrogen-bond donors (Lipinski definition) is 0. The molecule has 0 aliphatic carbocycles. The topological polar surface area (TPSA) is 38.9 Å². The Hall–Kier alpha value is -1.78. The van der Waals surface area contributed by atoms with E-state index in [1.54, 1.807) is 0 Å². The molecule has 84 valence electrons. The molecule has 0 atom stereocenters. The second kappa shape index (κ2) is 4.00. The monoisotopic (exact) mass is 224 g/mol. The van der Waals surface area contributed by atoms with Gasteiger partial charge < -0.3 is 4.52 Å². The number of nitrogens with zero attached hydrogens (tertiary/aromatic N) is 2. The number of halogens is 2. The molecule has 16 heavy (non-hydrogen) atoms. The predicted molar refractivity (Wildman–Crippen MR) is 53.7 cm³/mol. The normalized spacial score (nSPS) is 11.1. The Labute approximate surface area is 91.1 Å². The first-order valence-electron chi connectivity index (χ1n) is 4.87. The van der Waals surface area contributed by atoms with Crippen LogP contribution in [0.1, 0.15) is 25.6 Å². The van der Waals surface area contributed by atoms with Crippen molar-refractivity contribution >= 4 is 0 Å². The Morgan fingerprint density at radius 3 is 2.62 bits per heavy atom. The van der Waals surface area contributed by atoms with Crippen LogP contribution in [-0.2, 0) is 0 Å². The molecule has 5 heteroatoms. The minimum Gasteiger partial charge on any atom is -0.334 e. The van der Waals surface area contributed by atoms with E-state index in [-0.39, 0.29) is 17.4 Å². The molecule has 0 amide bonds. The van der Waals surface area contributed by atoms with Gasteiger partial charge in [0.2, 0.25) is 0 Å². The Morgan fingerprint density at radius 1 is 1.25 bits per heavy atom. The summed E-state index contributed by atoms with van der Waals surface area (Å²) < 4.78 is 31.2. The zero-order valence-electron chi connectivity index (χ0n) is 8.87. The lowest BCUT2D eigenvalue weighted by Crippen LogP contribution is -1.90. The van der Waals surface area contributed by atoms with E-state index in [0.29, 0.717) is 5.82 Å². The molecule has 1 aromatic carbocycles. The van der Waals surface area contributed by atoms with Crippen LogP contribution < -0.4 is 0 Å². The van der Waals surface area contributed by atoms with Gasteiger partial charge in [0.15, 0.2) is 5.82 Å². The number of aromatic nitrogens is 2. The largest absolute Gasteiger partial charge is 0.334 e. The van der Waals surface area contributed by atoms with Gasteiger partial charge in [-0.15, -0.1) is 0 Å². The molecule has 3 nitrogen and oxygen atoms in total.